The zero-order valence-electron chi connectivity index (χ0n) is 14.6. The third-order valence-corrected chi connectivity index (χ3v) is 5.62. The van der Waals surface area contributed by atoms with Crippen LogP contribution >= 0.6 is 0 Å². The average molecular weight is 339 g/mol. The Morgan fingerprint density at radius 3 is 2.88 bits per heavy atom. The molecule has 6 nitrogen and oxygen atoms in total. The molecule has 2 aliphatic rings. The van der Waals surface area contributed by atoms with Crippen LogP contribution in [0.4, 0.5) is 10.6 Å². The van der Waals surface area contributed by atoms with Crippen molar-refractivity contribution >= 4 is 11.8 Å². The Morgan fingerprint density at radius 1 is 1.24 bits per heavy atom. The minimum atomic E-state index is -0.0342. The minimum absolute atomic E-state index is 0.0342. The molecule has 0 spiro atoms. The van der Waals surface area contributed by atoms with Crippen molar-refractivity contribution in [1.82, 2.24) is 19.9 Å². The fourth-order valence-electron chi connectivity index (χ4n) is 4.39. The Morgan fingerprint density at radius 2 is 2.04 bits per heavy atom. The standard InChI is InChI=1S/C19H25N5O/c1-14-11-24(17-10-6-5-9-16(14)17)19(25)20-18-13-23(22-21-18)12-15-7-3-2-4-8-15/h2-4,7-8,13-14,16-17H,5-6,9-12H2,1H3,(H,20,25). The van der Waals surface area contributed by atoms with E-state index in [0.717, 1.165) is 18.5 Å². The number of aromatic nitrogens is 3. The van der Waals surface area contributed by atoms with E-state index in [2.05, 4.69) is 34.7 Å². The molecule has 2 fully saturated rings. The van der Waals surface area contributed by atoms with Crippen LogP contribution in [0.25, 0.3) is 0 Å². The molecule has 2 heterocycles. The van der Waals surface area contributed by atoms with Gasteiger partial charge < -0.3 is 4.90 Å². The summed E-state index contributed by atoms with van der Waals surface area (Å²) in [6.45, 7) is 3.76. The van der Waals surface area contributed by atoms with E-state index in [1.807, 2.05) is 23.1 Å². The average Bonchev–Trinajstić information content (AvgIpc) is 3.21. The lowest BCUT2D eigenvalue weighted by Gasteiger charge is -2.31. The summed E-state index contributed by atoms with van der Waals surface area (Å²) in [6.07, 6.45) is 6.70. The van der Waals surface area contributed by atoms with E-state index in [-0.39, 0.29) is 6.03 Å². The number of fused-ring (bicyclic) bond motifs is 1. The zero-order valence-corrected chi connectivity index (χ0v) is 14.6. The van der Waals surface area contributed by atoms with Crippen LogP contribution in [0.5, 0.6) is 0 Å². The second-order valence-corrected chi connectivity index (χ2v) is 7.36. The molecule has 1 aliphatic carbocycles. The number of likely N-dealkylation sites (tertiary alicyclic amines) is 1. The van der Waals surface area contributed by atoms with Crippen LogP contribution in [0.2, 0.25) is 0 Å². The number of anilines is 1. The summed E-state index contributed by atoms with van der Waals surface area (Å²) in [5, 5.41) is 11.2. The Hall–Kier alpha value is -2.37. The first-order chi connectivity index (χ1) is 12.2. The number of amides is 2. The molecule has 1 aromatic carbocycles. The van der Waals surface area contributed by atoms with Gasteiger partial charge in [-0.15, -0.1) is 5.10 Å². The number of benzene rings is 1. The molecular weight excluding hydrogens is 314 g/mol. The lowest BCUT2D eigenvalue weighted by Crippen LogP contribution is -2.41. The van der Waals surface area contributed by atoms with Gasteiger partial charge in [0.25, 0.3) is 0 Å². The van der Waals surface area contributed by atoms with Crippen molar-refractivity contribution in [3.05, 3.63) is 42.1 Å². The van der Waals surface area contributed by atoms with Gasteiger partial charge >= 0.3 is 6.03 Å². The molecule has 0 radical (unpaired) electrons. The van der Waals surface area contributed by atoms with Crippen molar-refractivity contribution in [1.29, 1.82) is 0 Å². The minimum Gasteiger partial charge on any atom is -0.321 e. The summed E-state index contributed by atoms with van der Waals surface area (Å²) < 4.78 is 1.75. The number of urea groups is 1. The molecule has 6 heteroatoms. The normalized spacial score (nSPS) is 25.6. The van der Waals surface area contributed by atoms with Crippen molar-refractivity contribution in [2.24, 2.45) is 11.8 Å². The fourth-order valence-corrected chi connectivity index (χ4v) is 4.39. The van der Waals surface area contributed by atoms with Crippen LogP contribution in [0.1, 0.15) is 38.2 Å². The number of hydrogen-bond acceptors (Lipinski definition) is 3. The van der Waals surface area contributed by atoms with Gasteiger partial charge in [0, 0.05) is 12.6 Å². The van der Waals surface area contributed by atoms with Gasteiger partial charge in [-0.05, 0) is 30.2 Å². The number of rotatable bonds is 3. The summed E-state index contributed by atoms with van der Waals surface area (Å²) in [5.41, 5.74) is 1.16. The Balaban J connectivity index is 1.40. The Kier molecular flexibility index (Phi) is 4.42. The van der Waals surface area contributed by atoms with Crippen molar-refractivity contribution in [3.63, 3.8) is 0 Å². The van der Waals surface area contributed by atoms with E-state index in [9.17, 15) is 4.79 Å². The molecule has 0 bridgehead atoms. The van der Waals surface area contributed by atoms with Crippen molar-refractivity contribution in [2.75, 3.05) is 11.9 Å². The van der Waals surface area contributed by atoms with Crippen LogP contribution in [-0.2, 0) is 6.54 Å². The summed E-state index contributed by atoms with van der Waals surface area (Å²) in [7, 11) is 0. The van der Waals surface area contributed by atoms with Gasteiger partial charge in [0.2, 0.25) is 0 Å². The molecule has 2 amide bonds. The topological polar surface area (TPSA) is 63.1 Å². The summed E-state index contributed by atoms with van der Waals surface area (Å²) >= 11 is 0. The molecule has 1 aliphatic heterocycles. The molecule has 4 rings (SSSR count). The molecule has 25 heavy (non-hydrogen) atoms. The maximum Gasteiger partial charge on any atom is 0.323 e. The molecule has 2 aromatic rings. The van der Waals surface area contributed by atoms with Crippen molar-refractivity contribution < 1.29 is 4.79 Å². The number of carbonyl (C=O) groups excluding carboxylic acids is 1. The number of nitrogens with one attached hydrogen (secondary N) is 1. The highest BCUT2D eigenvalue weighted by molar-refractivity contribution is 5.88. The van der Waals surface area contributed by atoms with Crippen LogP contribution in [0.15, 0.2) is 36.5 Å². The maximum atomic E-state index is 12.7. The summed E-state index contributed by atoms with van der Waals surface area (Å²) in [6, 6.07) is 10.5. The highest BCUT2D eigenvalue weighted by atomic mass is 16.2. The Bertz CT molecular complexity index is 728. The van der Waals surface area contributed by atoms with E-state index in [1.54, 1.807) is 10.9 Å². The maximum absolute atomic E-state index is 12.7. The Labute approximate surface area is 148 Å². The first kappa shape index (κ1) is 16.1. The summed E-state index contributed by atoms with van der Waals surface area (Å²) in [5.74, 6) is 1.77. The SMILES string of the molecule is CC1CN(C(=O)Nc2cn(Cc3ccccc3)nn2)C2CCCCC12. The summed E-state index contributed by atoms with van der Waals surface area (Å²) in [4.78, 5) is 14.7. The van der Waals surface area contributed by atoms with Gasteiger partial charge in [-0.25, -0.2) is 9.48 Å². The predicted octanol–water partition coefficient (Wildman–Crippen LogP) is 3.37. The first-order valence-corrected chi connectivity index (χ1v) is 9.22. The zero-order chi connectivity index (χ0) is 17.2. The van der Waals surface area contributed by atoms with E-state index < -0.39 is 0 Å². The van der Waals surface area contributed by atoms with E-state index in [4.69, 9.17) is 0 Å². The number of carbonyl (C=O) groups is 1. The molecule has 3 atom stereocenters. The number of nitrogens with zero attached hydrogens (tertiary/aromatic N) is 4. The van der Waals surface area contributed by atoms with Crippen LogP contribution in [0.3, 0.4) is 0 Å². The smallest absolute Gasteiger partial charge is 0.321 e. The number of hydrogen-bond donors (Lipinski definition) is 1. The van der Waals surface area contributed by atoms with Crippen LogP contribution < -0.4 is 5.32 Å². The molecule has 1 aromatic heterocycles. The third kappa shape index (κ3) is 3.38. The predicted molar refractivity (Wildman–Crippen MR) is 96.2 cm³/mol. The highest BCUT2D eigenvalue weighted by Crippen LogP contribution is 2.39. The molecule has 1 saturated carbocycles. The largest absolute Gasteiger partial charge is 0.323 e. The van der Waals surface area contributed by atoms with Crippen LogP contribution in [0, 0.1) is 11.8 Å². The quantitative estimate of drug-likeness (QED) is 0.932. The fraction of sp³-hybridized carbons (Fsp3) is 0.526. The van der Waals surface area contributed by atoms with E-state index in [0.29, 0.717) is 30.2 Å². The molecule has 1 N–H and O–H groups in total. The molecule has 1 saturated heterocycles. The monoisotopic (exact) mass is 339 g/mol. The lowest BCUT2D eigenvalue weighted by atomic mass is 9.80. The van der Waals surface area contributed by atoms with E-state index in [1.165, 1.54) is 19.3 Å². The van der Waals surface area contributed by atoms with Crippen LogP contribution in [-0.4, -0.2) is 38.5 Å². The molecule has 3 unspecified atom stereocenters. The molecular formula is C19H25N5O. The highest BCUT2D eigenvalue weighted by Gasteiger charge is 2.42. The van der Waals surface area contributed by atoms with Gasteiger partial charge in [0.05, 0.1) is 12.7 Å². The van der Waals surface area contributed by atoms with Gasteiger partial charge in [-0.2, -0.15) is 0 Å². The second kappa shape index (κ2) is 6.86. The van der Waals surface area contributed by atoms with Gasteiger partial charge in [-0.1, -0.05) is 55.3 Å². The lowest BCUT2D eigenvalue weighted by molar-refractivity contribution is 0.180. The van der Waals surface area contributed by atoms with E-state index >= 15 is 0 Å². The van der Waals surface area contributed by atoms with Crippen molar-refractivity contribution in [3.8, 4) is 0 Å². The second-order valence-electron chi connectivity index (χ2n) is 7.36. The van der Waals surface area contributed by atoms with Gasteiger partial charge in [0.15, 0.2) is 5.82 Å². The van der Waals surface area contributed by atoms with Crippen molar-refractivity contribution in [2.45, 2.75) is 45.2 Å². The van der Waals surface area contributed by atoms with Gasteiger partial charge in [0.1, 0.15) is 0 Å². The molecule has 132 valence electrons. The third-order valence-electron chi connectivity index (χ3n) is 5.62. The first-order valence-electron chi connectivity index (χ1n) is 9.22. The van der Waals surface area contributed by atoms with Gasteiger partial charge in [-0.3, -0.25) is 5.32 Å².